The predicted molar refractivity (Wildman–Crippen MR) is 72.9 cm³/mol. The van der Waals surface area contributed by atoms with E-state index in [0.717, 1.165) is 0 Å². The number of hydrogen-bond donors (Lipinski definition) is 1. The fraction of sp³-hybridized carbons (Fsp3) is 0. The van der Waals surface area contributed by atoms with Gasteiger partial charge in [0.15, 0.2) is 0 Å². The van der Waals surface area contributed by atoms with Crippen LogP contribution in [0.25, 0.3) is 0 Å². The average molecular weight is 277 g/mol. The molecule has 1 amide bonds. The third-order valence-corrected chi connectivity index (χ3v) is 2.63. The molecule has 0 bridgehead atoms. The van der Waals surface area contributed by atoms with E-state index in [1.165, 1.54) is 12.3 Å². The van der Waals surface area contributed by atoms with E-state index in [1.807, 2.05) is 0 Å². The molecule has 0 atom stereocenters. The fourth-order valence-electron chi connectivity index (χ4n) is 1.41. The number of amides is 1. The van der Waals surface area contributed by atoms with Crippen molar-refractivity contribution < 1.29 is 9.18 Å². The molecule has 2 aromatic carbocycles. The highest BCUT2D eigenvalue weighted by Crippen LogP contribution is 2.09. The van der Waals surface area contributed by atoms with Crippen LogP contribution in [0.1, 0.15) is 15.9 Å². The van der Waals surface area contributed by atoms with Crippen molar-refractivity contribution in [3.05, 3.63) is 70.5 Å². The number of carbonyl (C=O) groups excluding carboxylic acids is 1. The number of nitrogens with zero attached hydrogens (tertiary/aromatic N) is 1. The van der Waals surface area contributed by atoms with Gasteiger partial charge in [-0.1, -0.05) is 29.8 Å². The molecular formula is C14H10ClFN2O. The Hall–Kier alpha value is -2.20. The van der Waals surface area contributed by atoms with Gasteiger partial charge in [0.2, 0.25) is 0 Å². The van der Waals surface area contributed by atoms with E-state index in [-0.39, 0.29) is 5.91 Å². The summed E-state index contributed by atoms with van der Waals surface area (Å²) in [6.45, 7) is 0. The summed E-state index contributed by atoms with van der Waals surface area (Å²) in [6.07, 6.45) is 1.25. The molecule has 2 aromatic rings. The first-order valence-corrected chi connectivity index (χ1v) is 5.88. The minimum Gasteiger partial charge on any atom is -0.267 e. The van der Waals surface area contributed by atoms with Crippen molar-refractivity contribution in [3.8, 4) is 0 Å². The van der Waals surface area contributed by atoms with Gasteiger partial charge < -0.3 is 0 Å². The molecule has 0 saturated heterocycles. The predicted octanol–water partition coefficient (Wildman–Crippen LogP) is 3.24. The number of benzene rings is 2. The number of rotatable bonds is 3. The Bertz CT molecular complexity index is 611. The molecule has 0 fully saturated rings. The highest BCUT2D eigenvalue weighted by Gasteiger charge is 2.03. The van der Waals surface area contributed by atoms with Gasteiger partial charge in [-0.3, -0.25) is 4.79 Å². The first-order valence-electron chi connectivity index (χ1n) is 5.50. The smallest absolute Gasteiger partial charge is 0.267 e. The van der Waals surface area contributed by atoms with E-state index in [4.69, 9.17) is 11.6 Å². The van der Waals surface area contributed by atoms with Gasteiger partial charge in [0.05, 0.1) is 6.21 Å². The van der Waals surface area contributed by atoms with Crippen LogP contribution in [0.4, 0.5) is 4.39 Å². The van der Waals surface area contributed by atoms with E-state index < -0.39 is 5.82 Å². The summed E-state index contributed by atoms with van der Waals surface area (Å²) in [6, 6.07) is 12.5. The van der Waals surface area contributed by atoms with Crippen LogP contribution in [0, 0.1) is 5.82 Å². The molecule has 0 saturated carbocycles. The highest BCUT2D eigenvalue weighted by atomic mass is 35.5. The highest BCUT2D eigenvalue weighted by molar-refractivity contribution is 6.30. The Morgan fingerprint density at radius 3 is 2.53 bits per heavy atom. The van der Waals surface area contributed by atoms with Crippen molar-refractivity contribution in [2.75, 3.05) is 0 Å². The van der Waals surface area contributed by atoms with Gasteiger partial charge in [0.25, 0.3) is 5.91 Å². The molecule has 5 heteroatoms. The van der Waals surface area contributed by atoms with Gasteiger partial charge in [-0.2, -0.15) is 5.10 Å². The second kappa shape index (κ2) is 6.11. The van der Waals surface area contributed by atoms with Crippen molar-refractivity contribution in [2.24, 2.45) is 5.10 Å². The van der Waals surface area contributed by atoms with Crippen molar-refractivity contribution in [2.45, 2.75) is 0 Å². The van der Waals surface area contributed by atoms with E-state index >= 15 is 0 Å². The van der Waals surface area contributed by atoms with Gasteiger partial charge in [0, 0.05) is 16.1 Å². The number of hydrogen-bond acceptors (Lipinski definition) is 2. The minimum atomic E-state index is -0.396. The number of hydrazone groups is 1. The molecular weight excluding hydrogens is 267 g/mol. The van der Waals surface area contributed by atoms with Gasteiger partial charge in [-0.15, -0.1) is 0 Å². The molecule has 0 radical (unpaired) electrons. The van der Waals surface area contributed by atoms with Crippen molar-refractivity contribution in [3.63, 3.8) is 0 Å². The minimum absolute atomic E-state index is 0.305. The summed E-state index contributed by atoms with van der Waals surface area (Å²) in [4.78, 5) is 11.7. The summed E-state index contributed by atoms with van der Waals surface area (Å²) in [7, 11) is 0. The van der Waals surface area contributed by atoms with Crippen LogP contribution in [0.15, 0.2) is 53.6 Å². The van der Waals surface area contributed by atoms with Gasteiger partial charge in [-0.25, -0.2) is 9.82 Å². The van der Waals surface area contributed by atoms with E-state index in [1.54, 1.807) is 42.5 Å². The Labute approximate surface area is 114 Å². The van der Waals surface area contributed by atoms with Crippen LogP contribution < -0.4 is 5.43 Å². The van der Waals surface area contributed by atoms with Crippen LogP contribution in [-0.2, 0) is 0 Å². The largest absolute Gasteiger partial charge is 0.271 e. The topological polar surface area (TPSA) is 41.5 Å². The maximum atomic E-state index is 13.3. The molecule has 2 rings (SSSR count). The molecule has 0 aliphatic carbocycles. The van der Waals surface area contributed by atoms with Crippen LogP contribution in [0.3, 0.4) is 0 Å². The lowest BCUT2D eigenvalue weighted by atomic mass is 10.2. The molecule has 3 nitrogen and oxygen atoms in total. The molecule has 0 aromatic heterocycles. The molecule has 0 unspecified atom stereocenters. The fourth-order valence-corrected chi connectivity index (χ4v) is 1.53. The zero-order valence-electron chi connectivity index (χ0n) is 9.81. The Morgan fingerprint density at radius 2 is 1.84 bits per heavy atom. The zero-order chi connectivity index (χ0) is 13.7. The molecule has 96 valence electrons. The summed E-state index contributed by atoms with van der Waals surface area (Å²) in [5.41, 5.74) is 3.05. The first-order chi connectivity index (χ1) is 9.16. The molecule has 0 spiro atoms. The van der Waals surface area contributed by atoms with Gasteiger partial charge in [0.1, 0.15) is 5.82 Å². The van der Waals surface area contributed by atoms with Gasteiger partial charge in [-0.05, 0) is 30.3 Å². The molecule has 0 aliphatic rings. The number of halogens is 2. The zero-order valence-corrected chi connectivity index (χ0v) is 10.6. The van der Waals surface area contributed by atoms with Crippen molar-refractivity contribution in [1.29, 1.82) is 0 Å². The summed E-state index contributed by atoms with van der Waals surface area (Å²) in [5.74, 6) is -0.781. The Balaban J connectivity index is 2.01. The van der Waals surface area contributed by atoms with Crippen LogP contribution in [0.2, 0.25) is 5.02 Å². The average Bonchev–Trinajstić information content (AvgIpc) is 2.41. The number of carbonyl (C=O) groups is 1. The maximum Gasteiger partial charge on any atom is 0.271 e. The summed E-state index contributed by atoms with van der Waals surface area (Å²) < 4.78 is 13.3. The SMILES string of the molecule is O=C(NN=Cc1ccccc1F)c1ccc(Cl)cc1. The lowest BCUT2D eigenvalue weighted by Gasteiger charge is -2.00. The summed E-state index contributed by atoms with van der Waals surface area (Å²) in [5, 5.41) is 4.25. The lowest BCUT2D eigenvalue weighted by Crippen LogP contribution is -2.17. The normalized spacial score (nSPS) is 10.6. The Kier molecular flexibility index (Phi) is 4.26. The standard InChI is InChI=1S/C14H10ClFN2O/c15-12-7-5-10(6-8-12)14(19)18-17-9-11-3-1-2-4-13(11)16/h1-9H,(H,18,19). The molecule has 0 heterocycles. The van der Waals surface area contributed by atoms with Gasteiger partial charge >= 0.3 is 0 Å². The van der Waals surface area contributed by atoms with E-state index in [0.29, 0.717) is 16.1 Å². The molecule has 1 N–H and O–H groups in total. The van der Waals surface area contributed by atoms with E-state index in [2.05, 4.69) is 10.5 Å². The van der Waals surface area contributed by atoms with Crippen LogP contribution in [0.5, 0.6) is 0 Å². The first kappa shape index (κ1) is 13.2. The second-order valence-electron chi connectivity index (χ2n) is 3.73. The van der Waals surface area contributed by atoms with E-state index in [9.17, 15) is 9.18 Å². The lowest BCUT2D eigenvalue weighted by molar-refractivity contribution is 0.0955. The van der Waals surface area contributed by atoms with Crippen LogP contribution in [-0.4, -0.2) is 12.1 Å². The maximum absolute atomic E-state index is 13.3. The third-order valence-electron chi connectivity index (χ3n) is 2.38. The molecule has 0 aliphatic heterocycles. The monoisotopic (exact) mass is 276 g/mol. The van der Waals surface area contributed by atoms with Crippen molar-refractivity contribution in [1.82, 2.24) is 5.43 Å². The van der Waals surface area contributed by atoms with Crippen LogP contribution >= 0.6 is 11.6 Å². The third kappa shape index (κ3) is 3.63. The summed E-state index contributed by atoms with van der Waals surface area (Å²) >= 11 is 5.72. The second-order valence-corrected chi connectivity index (χ2v) is 4.16. The number of nitrogens with one attached hydrogen (secondary N) is 1. The Morgan fingerprint density at radius 1 is 1.16 bits per heavy atom. The van der Waals surface area contributed by atoms with Crippen molar-refractivity contribution >= 4 is 23.7 Å². The molecule has 19 heavy (non-hydrogen) atoms. The quantitative estimate of drug-likeness (QED) is 0.679.